The average molecular weight is 239 g/mol. The fourth-order valence-corrected chi connectivity index (χ4v) is 2.05. The number of likely N-dealkylation sites (tertiary alicyclic amines) is 1. The first kappa shape index (κ1) is 16.2. The van der Waals surface area contributed by atoms with Gasteiger partial charge in [0.1, 0.15) is 0 Å². The van der Waals surface area contributed by atoms with Gasteiger partial charge in [-0.1, -0.05) is 34.6 Å². The Morgan fingerprint density at radius 1 is 1.24 bits per heavy atom. The van der Waals surface area contributed by atoms with Crippen LogP contribution in [0.1, 0.15) is 59.1 Å². The van der Waals surface area contributed by atoms with Crippen LogP contribution in [0.2, 0.25) is 0 Å². The summed E-state index contributed by atoms with van der Waals surface area (Å²) >= 11 is 0. The molecule has 3 heteroatoms. The number of nitrogens with zero attached hydrogens (tertiary/aromatic N) is 2. The summed E-state index contributed by atoms with van der Waals surface area (Å²) in [6, 6.07) is 0. The summed E-state index contributed by atoms with van der Waals surface area (Å²) in [6.07, 6.45) is 6.29. The molecule has 3 nitrogen and oxygen atoms in total. The maximum atomic E-state index is 4.07. The van der Waals surface area contributed by atoms with Gasteiger partial charge in [-0.15, -0.1) is 0 Å². The van der Waals surface area contributed by atoms with Gasteiger partial charge >= 0.3 is 0 Å². The van der Waals surface area contributed by atoms with Crippen molar-refractivity contribution in [1.82, 2.24) is 14.9 Å². The minimum absolute atomic E-state index is 0.713. The third kappa shape index (κ3) is 5.35. The molecule has 1 fully saturated rings. The van der Waals surface area contributed by atoms with Crippen molar-refractivity contribution in [2.24, 2.45) is 0 Å². The van der Waals surface area contributed by atoms with Gasteiger partial charge < -0.3 is 9.88 Å². The smallest absolute Gasteiger partial charge is 0.0921 e. The van der Waals surface area contributed by atoms with Crippen LogP contribution in [0.25, 0.3) is 0 Å². The summed E-state index contributed by atoms with van der Waals surface area (Å²) in [6.45, 7) is 13.9. The molecule has 1 aromatic heterocycles. The molecular formula is C14H29N3. The number of aromatic amines is 1. The highest BCUT2D eigenvalue weighted by molar-refractivity contribution is 5.04. The summed E-state index contributed by atoms with van der Waals surface area (Å²) in [5, 5.41) is 0. The van der Waals surface area contributed by atoms with Gasteiger partial charge in [-0.25, -0.2) is 4.98 Å². The lowest BCUT2D eigenvalue weighted by Gasteiger charge is -2.30. The molecule has 100 valence electrons. The molecule has 0 aliphatic carbocycles. The Balaban J connectivity index is 0.000000581. The predicted octanol–water partition coefficient (Wildman–Crippen LogP) is 3.66. The molecule has 17 heavy (non-hydrogen) atoms. The molecule has 0 atom stereocenters. The molecular weight excluding hydrogens is 210 g/mol. The molecule has 1 aromatic rings. The van der Waals surface area contributed by atoms with E-state index in [2.05, 4.69) is 21.8 Å². The first-order chi connectivity index (χ1) is 8.40. The van der Waals surface area contributed by atoms with E-state index < -0.39 is 0 Å². The summed E-state index contributed by atoms with van der Waals surface area (Å²) in [5.74, 6) is 0.713. The van der Waals surface area contributed by atoms with E-state index in [9.17, 15) is 0 Å². The van der Waals surface area contributed by atoms with E-state index in [0.29, 0.717) is 5.92 Å². The third-order valence-corrected chi connectivity index (χ3v) is 2.99. The number of hydrogen-bond donors (Lipinski definition) is 1. The molecule has 1 aliphatic heterocycles. The van der Waals surface area contributed by atoms with E-state index in [1.807, 2.05) is 33.9 Å². The van der Waals surface area contributed by atoms with E-state index in [4.69, 9.17) is 0 Å². The second-order valence-corrected chi connectivity index (χ2v) is 3.72. The van der Waals surface area contributed by atoms with Crippen LogP contribution in [-0.4, -0.2) is 34.5 Å². The van der Waals surface area contributed by atoms with Crippen LogP contribution >= 0.6 is 0 Å². The summed E-state index contributed by atoms with van der Waals surface area (Å²) < 4.78 is 0. The van der Waals surface area contributed by atoms with E-state index in [-0.39, 0.29) is 0 Å². The lowest BCUT2D eigenvalue weighted by atomic mass is 9.94. The SMILES string of the molecule is CC.CC.CCN1CCC(c2cnc[nH]2)CC1. The first-order valence-electron chi connectivity index (χ1n) is 7.10. The van der Waals surface area contributed by atoms with Crippen molar-refractivity contribution in [2.45, 2.75) is 53.4 Å². The number of piperidine rings is 1. The van der Waals surface area contributed by atoms with E-state index in [0.717, 1.165) is 0 Å². The van der Waals surface area contributed by atoms with Crippen molar-refractivity contribution in [3.63, 3.8) is 0 Å². The maximum Gasteiger partial charge on any atom is 0.0921 e. The monoisotopic (exact) mass is 239 g/mol. The Morgan fingerprint density at radius 3 is 2.24 bits per heavy atom. The van der Waals surface area contributed by atoms with Gasteiger partial charge in [-0.3, -0.25) is 0 Å². The number of imidazole rings is 1. The summed E-state index contributed by atoms with van der Waals surface area (Å²) in [4.78, 5) is 9.78. The van der Waals surface area contributed by atoms with Crippen molar-refractivity contribution in [3.8, 4) is 0 Å². The molecule has 2 heterocycles. The Bertz CT molecular complexity index is 236. The van der Waals surface area contributed by atoms with Crippen LogP contribution < -0.4 is 0 Å². The van der Waals surface area contributed by atoms with Gasteiger partial charge in [0.15, 0.2) is 0 Å². The largest absolute Gasteiger partial charge is 0.348 e. The van der Waals surface area contributed by atoms with Gasteiger partial charge in [0.2, 0.25) is 0 Å². The normalized spacial score (nSPS) is 16.5. The minimum Gasteiger partial charge on any atom is -0.348 e. The van der Waals surface area contributed by atoms with E-state index >= 15 is 0 Å². The zero-order valence-electron chi connectivity index (χ0n) is 12.2. The van der Waals surface area contributed by atoms with Crippen molar-refractivity contribution in [2.75, 3.05) is 19.6 Å². The zero-order valence-corrected chi connectivity index (χ0v) is 12.2. The lowest BCUT2D eigenvalue weighted by Crippen LogP contribution is -2.32. The molecule has 0 saturated carbocycles. The van der Waals surface area contributed by atoms with Gasteiger partial charge in [0.05, 0.1) is 6.33 Å². The number of hydrogen-bond acceptors (Lipinski definition) is 2. The average Bonchev–Trinajstić information content (AvgIpc) is 2.97. The Morgan fingerprint density at radius 2 is 1.82 bits per heavy atom. The highest BCUT2D eigenvalue weighted by atomic mass is 15.1. The molecule has 0 amide bonds. The van der Waals surface area contributed by atoms with Gasteiger partial charge in [0, 0.05) is 17.8 Å². The van der Waals surface area contributed by atoms with E-state index in [1.165, 1.54) is 38.2 Å². The van der Waals surface area contributed by atoms with Crippen LogP contribution in [0.3, 0.4) is 0 Å². The second-order valence-electron chi connectivity index (χ2n) is 3.72. The van der Waals surface area contributed by atoms with E-state index in [1.54, 1.807) is 6.33 Å². The summed E-state index contributed by atoms with van der Waals surface area (Å²) in [5.41, 5.74) is 1.32. The minimum atomic E-state index is 0.713. The van der Waals surface area contributed by atoms with Crippen LogP contribution in [0.15, 0.2) is 12.5 Å². The molecule has 1 N–H and O–H groups in total. The van der Waals surface area contributed by atoms with Gasteiger partial charge in [-0.2, -0.15) is 0 Å². The number of nitrogens with one attached hydrogen (secondary N) is 1. The number of H-pyrrole nitrogens is 1. The lowest BCUT2D eigenvalue weighted by molar-refractivity contribution is 0.221. The fourth-order valence-electron chi connectivity index (χ4n) is 2.05. The number of rotatable bonds is 2. The van der Waals surface area contributed by atoms with Gasteiger partial charge in [0.25, 0.3) is 0 Å². The standard InChI is InChI=1S/C10H17N3.2C2H6/c1-2-13-5-3-9(4-6-13)10-7-11-8-12-10;2*1-2/h7-9H,2-6H2,1H3,(H,11,12);2*1-2H3. The fraction of sp³-hybridized carbons (Fsp3) is 0.786. The third-order valence-electron chi connectivity index (χ3n) is 2.99. The molecule has 0 aromatic carbocycles. The van der Waals surface area contributed by atoms with Gasteiger partial charge in [-0.05, 0) is 32.5 Å². The molecule has 0 bridgehead atoms. The summed E-state index contributed by atoms with van der Waals surface area (Å²) in [7, 11) is 0. The highest BCUT2D eigenvalue weighted by Crippen LogP contribution is 2.25. The van der Waals surface area contributed by atoms with Crippen LogP contribution in [-0.2, 0) is 0 Å². The number of aromatic nitrogens is 2. The topological polar surface area (TPSA) is 31.9 Å². The second kappa shape index (κ2) is 10.3. The molecule has 2 rings (SSSR count). The Labute approximate surface area is 107 Å². The molecule has 0 unspecified atom stereocenters. The van der Waals surface area contributed by atoms with Crippen LogP contribution in [0, 0.1) is 0 Å². The Hall–Kier alpha value is -0.830. The van der Waals surface area contributed by atoms with Crippen LogP contribution in [0.5, 0.6) is 0 Å². The predicted molar refractivity (Wildman–Crippen MR) is 75.4 cm³/mol. The molecule has 1 aliphatic rings. The zero-order chi connectivity index (χ0) is 13.1. The first-order valence-corrected chi connectivity index (χ1v) is 7.10. The highest BCUT2D eigenvalue weighted by Gasteiger charge is 2.19. The van der Waals surface area contributed by atoms with Crippen molar-refractivity contribution in [3.05, 3.63) is 18.2 Å². The molecule has 0 spiro atoms. The van der Waals surface area contributed by atoms with Crippen molar-refractivity contribution >= 4 is 0 Å². The van der Waals surface area contributed by atoms with Crippen LogP contribution in [0.4, 0.5) is 0 Å². The van der Waals surface area contributed by atoms with Crippen molar-refractivity contribution < 1.29 is 0 Å². The molecule has 0 radical (unpaired) electrons. The quantitative estimate of drug-likeness (QED) is 0.854. The maximum absolute atomic E-state index is 4.07. The van der Waals surface area contributed by atoms with Crippen molar-refractivity contribution in [1.29, 1.82) is 0 Å². The Kier molecular flexibility index (Phi) is 9.83. The molecule has 1 saturated heterocycles.